The highest BCUT2D eigenvalue weighted by Gasteiger charge is 2.41. The zero-order valence-corrected chi connectivity index (χ0v) is 24.5. The molecule has 0 saturated carbocycles. The van der Waals surface area contributed by atoms with E-state index < -0.39 is 0 Å². The summed E-state index contributed by atoms with van der Waals surface area (Å²) in [6, 6.07) is 9.62. The number of aliphatic hydroxyl groups excluding tert-OH is 1. The minimum absolute atomic E-state index is 0.0697. The number of aliphatic hydroxyl groups is 1. The molecule has 1 amide bonds. The van der Waals surface area contributed by atoms with Gasteiger partial charge < -0.3 is 20.1 Å². The maximum atomic E-state index is 14.0. The Balaban J connectivity index is 1.38. The molecule has 218 valence electrons. The van der Waals surface area contributed by atoms with Gasteiger partial charge in [0.15, 0.2) is 0 Å². The van der Waals surface area contributed by atoms with Crippen LogP contribution in [0, 0.1) is 5.82 Å². The van der Waals surface area contributed by atoms with Crippen LogP contribution in [0.3, 0.4) is 0 Å². The number of rotatable bonds is 7. The van der Waals surface area contributed by atoms with Crippen LogP contribution in [0.2, 0.25) is 0 Å². The molecule has 0 bridgehead atoms. The summed E-state index contributed by atoms with van der Waals surface area (Å²) in [6.07, 6.45) is 0.506. The van der Waals surface area contributed by atoms with Gasteiger partial charge in [-0.05, 0) is 56.5 Å². The number of pyridine rings is 1. The lowest BCUT2D eigenvalue weighted by atomic mass is 9.90. The van der Waals surface area contributed by atoms with Crippen molar-refractivity contribution in [1.82, 2.24) is 20.1 Å². The van der Waals surface area contributed by atoms with Gasteiger partial charge in [0.05, 0.1) is 43.4 Å². The van der Waals surface area contributed by atoms with Crippen molar-refractivity contribution in [2.24, 2.45) is 0 Å². The van der Waals surface area contributed by atoms with Crippen molar-refractivity contribution in [2.45, 2.75) is 77.2 Å². The maximum absolute atomic E-state index is 14.0. The molecule has 0 spiro atoms. The number of hydrogen-bond donors (Lipinski definition) is 2. The molecule has 2 aromatic rings. The number of carbonyl (C=O) groups is 1. The number of ether oxygens (including phenoxy) is 1. The first-order valence-electron chi connectivity index (χ1n) is 14.6. The molecule has 4 heterocycles. The molecular formula is C31H44FN5O3. The smallest absolute Gasteiger partial charge is 0.241 e. The lowest BCUT2D eigenvalue weighted by molar-refractivity contribution is -0.121. The first kappa shape index (κ1) is 29.1. The highest BCUT2D eigenvalue weighted by Crippen LogP contribution is 2.41. The van der Waals surface area contributed by atoms with Crippen LogP contribution in [-0.4, -0.2) is 95.9 Å². The summed E-state index contributed by atoms with van der Waals surface area (Å²) in [6.45, 7) is 15.5. The van der Waals surface area contributed by atoms with Crippen molar-refractivity contribution in [2.75, 3.05) is 50.8 Å². The van der Waals surface area contributed by atoms with E-state index in [1.54, 1.807) is 12.1 Å². The standard InChI is InChI=1S/C31H44FN5O3/c1-20-13-35(26(12-33-20)14-36-21(2)17-40-18-22(36)3)15-29(39)37-19-31(4,5)30-28(37)11-24(27(16-38)34-30)10-23-6-8-25(32)9-7-23/h6-9,11,20-22,26,33,38H,10,12-19H2,1-5H3. The second-order valence-corrected chi connectivity index (χ2v) is 12.6. The monoisotopic (exact) mass is 553 g/mol. The molecule has 1 aromatic carbocycles. The van der Waals surface area contributed by atoms with E-state index in [0.29, 0.717) is 43.3 Å². The normalized spacial score (nSPS) is 27.1. The largest absolute Gasteiger partial charge is 0.390 e. The average molecular weight is 554 g/mol. The minimum Gasteiger partial charge on any atom is -0.390 e. The Kier molecular flexibility index (Phi) is 8.59. The highest BCUT2D eigenvalue weighted by atomic mass is 19.1. The summed E-state index contributed by atoms with van der Waals surface area (Å²) in [7, 11) is 0. The topological polar surface area (TPSA) is 81.2 Å². The summed E-state index contributed by atoms with van der Waals surface area (Å²) in [5.74, 6) is -0.213. The molecule has 2 saturated heterocycles. The fourth-order valence-corrected chi connectivity index (χ4v) is 6.48. The first-order valence-corrected chi connectivity index (χ1v) is 14.6. The third-order valence-electron chi connectivity index (χ3n) is 8.75. The van der Waals surface area contributed by atoms with E-state index >= 15 is 0 Å². The number of fused-ring (bicyclic) bond motifs is 1. The third kappa shape index (κ3) is 6.09. The predicted octanol–water partition coefficient (Wildman–Crippen LogP) is 2.70. The number of nitrogens with one attached hydrogen (secondary N) is 1. The van der Waals surface area contributed by atoms with Gasteiger partial charge in [-0.3, -0.25) is 19.6 Å². The Bertz CT molecular complexity index is 1200. The Labute approximate surface area is 237 Å². The molecule has 3 aliphatic rings. The number of aromatic nitrogens is 1. The van der Waals surface area contributed by atoms with Crippen LogP contribution in [0.1, 0.15) is 57.1 Å². The second kappa shape index (κ2) is 11.8. The van der Waals surface area contributed by atoms with Gasteiger partial charge in [-0.25, -0.2) is 4.39 Å². The molecule has 1 aromatic heterocycles. The Morgan fingerprint density at radius 3 is 2.55 bits per heavy atom. The number of halogens is 1. The van der Waals surface area contributed by atoms with Gasteiger partial charge in [-0.15, -0.1) is 0 Å². The van der Waals surface area contributed by atoms with Crippen LogP contribution in [0.5, 0.6) is 0 Å². The number of piperazine rings is 1. The number of hydrogen-bond acceptors (Lipinski definition) is 7. The summed E-state index contributed by atoms with van der Waals surface area (Å²) < 4.78 is 19.2. The SMILES string of the molecule is CC1CN(CC(=O)N2CC(C)(C)c3nc(CO)c(Cc4ccc(F)cc4)cc32)C(CN2C(C)COCC2C)CN1. The van der Waals surface area contributed by atoms with Crippen LogP contribution in [-0.2, 0) is 28.0 Å². The van der Waals surface area contributed by atoms with E-state index in [4.69, 9.17) is 9.72 Å². The Hall–Kier alpha value is -2.43. The number of carbonyl (C=O) groups excluding carboxylic acids is 1. The first-order chi connectivity index (χ1) is 19.1. The quantitative estimate of drug-likeness (QED) is 0.546. The molecule has 0 radical (unpaired) electrons. The number of nitrogens with zero attached hydrogens (tertiary/aromatic N) is 4. The van der Waals surface area contributed by atoms with E-state index in [2.05, 4.69) is 49.7 Å². The van der Waals surface area contributed by atoms with Crippen molar-refractivity contribution in [3.63, 3.8) is 0 Å². The number of benzene rings is 1. The molecular weight excluding hydrogens is 509 g/mol. The van der Waals surface area contributed by atoms with E-state index in [0.717, 1.165) is 55.4 Å². The molecule has 5 rings (SSSR count). The van der Waals surface area contributed by atoms with E-state index in [-0.39, 0.29) is 29.8 Å². The fourth-order valence-electron chi connectivity index (χ4n) is 6.48. The predicted molar refractivity (Wildman–Crippen MR) is 154 cm³/mol. The van der Waals surface area contributed by atoms with Crippen LogP contribution >= 0.6 is 0 Å². The van der Waals surface area contributed by atoms with Crippen LogP contribution in [0.4, 0.5) is 10.1 Å². The van der Waals surface area contributed by atoms with Crippen molar-refractivity contribution >= 4 is 11.6 Å². The van der Waals surface area contributed by atoms with Crippen LogP contribution in [0.15, 0.2) is 30.3 Å². The highest BCUT2D eigenvalue weighted by molar-refractivity contribution is 5.97. The maximum Gasteiger partial charge on any atom is 0.241 e. The number of amides is 1. The Morgan fingerprint density at radius 2 is 1.88 bits per heavy atom. The summed E-state index contributed by atoms with van der Waals surface area (Å²) >= 11 is 0. The van der Waals surface area contributed by atoms with Gasteiger partial charge in [0, 0.05) is 55.8 Å². The van der Waals surface area contributed by atoms with Crippen LogP contribution < -0.4 is 10.2 Å². The molecule has 2 N–H and O–H groups in total. The molecule has 9 heteroatoms. The Morgan fingerprint density at radius 1 is 1.18 bits per heavy atom. The van der Waals surface area contributed by atoms with Crippen molar-refractivity contribution in [3.05, 3.63) is 58.7 Å². The second-order valence-electron chi connectivity index (χ2n) is 12.6. The van der Waals surface area contributed by atoms with Crippen molar-refractivity contribution in [3.8, 4) is 0 Å². The van der Waals surface area contributed by atoms with E-state index in [1.807, 2.05) is 11.0 Å². The van der Waals surface area contributed by atoms with Crippen molar-refractivity contribution < 1.29 is 19.0 Å². The number of anilines is 1. The number of morpholine rings is 1. The van der Waals surface area contributed by atoms with E-state index in [1.165, 1.54) is 12.1 Å². The fraction of sp³-hybridized carbons (Fsp3) is 0.613. The van der Waals surface area contributed by atoms with Gasteiger partial charge in [0.1, 0.15) is 5.82 Å². The summed E-state index contributed by atoms with van der Waals surface area (Å²) in [5.41, 5.74) is 3.71. The zero-order valence-electron chi connectivity index (χ0n) is 24.5. The molecule has 2 fully saturated rings. The third-order valence-corrected chi connectivity index (χ3v) is 8.75. The molecule has 8 nitrogen and oxygen atoms in total. The summed E-state index contributed by atoms with van der Waals surface area (Å²) in [5, 5.41) is 13.7. The zero-order chi connectivity index (χ0) is 28.6. The van der Waals surface area contributed by atoms with Gasteiger partial charge in [0.25, 0.3) is 0 Å². The van der Waals surface area contributed by atoms with Crippen LogP contribution in [0.25, 0.3) is 0 Å². The lowest BCUT2D eigenvalue weighted by Gasteiger charge is -2.46. The minimum atomic E-state index is -0.335. The molecule has 0 aliphatic carbocycles. The van der Waals surface area contributed by atoms with Gasteiger partial charge >= 0.3 is 0 Å². The molecule has 40 heavy (non-hydrogen) atoms. The van der Waals surface area contributed by atoms with Gasteiger partial charge in [0.2, 0.25) is 5.91 Å². The average Bonchev–Trinajstić information content (AvgIpc) is 3.18. The van der Waals surface area contributed by atoms with E-state index in [9.17, 15) is 14.3 Å². The van der Waals surface area contributed by atoms with Gasteiger partial charge in [-0.1, -0.05) is 26.0 Å². The lowest BCUT2D eigenvalue weighted by Crippen LogP contribution is -2.63. The molecule has 4 unspecified atom stereocenters. The molecule has 3 aliphatic heterocycles. The summed E-state index contributed by atoms with van der Waals surface area (Å²) in [4.78, 5) is 25.6. The molecule has 4 atom stereocenters. The van der Waals surface area contributed by atoms with Crippen molar-refractivity contribution in [1.29, 1.82) is 0 Å². The van der Waals surface area contributed by atoms with Gasteiger partial charge in [-0.2, -0.15) is 0 Å².